The molecule has 8 nitrogen and oxygen atoms in total. The van der Waals surface area contributed by atoms with Crippen molar-refractivity contribution in [3.63, 3.8) is 0 Å². The van der Waals surface area contributed by atoms with E-state index in [-0.39, 0.29) is 4.90 Å². The number of hydrogen-bond donors (Lipinski definition) is 2. The number of rotatable bonds is 6. The number of benzene rings is 2. The van der Waals surface area contributed by atoms with Gasteiger partial charge in [0, 0.05) is 4.90 Å². The van der Waals surface area contributed by atoms with Crippen LogP contribution in [-0.4, -0.2) is 18.2 Å². The zero-order valence-electron chi connectivity index (χ0n) is 11.8. The quantitative estimate of drug-likeness (QED) is 0.263. The summed E-state index contributed by atoms with van der Waals surface area (Å²) in [4.78, 5) is 0.462. The second-order valence-electron chi connectivity index (χ2n) is 4.34. The highest BCUT2D eigenvalue weighted by Crippen LogP contribution is 2.26. The first kappa shape index (κ1) is 17.5. The molecule has 0 aliphatic rings. The summed E-state index contributed by atoms with van der Waals surface area (Å²) in [5.41, 5.74) is 1.23. The van der Waals surface area contributed by atoms with E-state index in [1.165, 1.54) is 12.1 Å². The molecule has 10 heteroatoms. The SMILES string of the molecule is Cc1ccc(N=Nc2ccc(SOOO)cc2)cc1S(=O)(=O)O. The molecule has 0 atom stereocenters. The summed E-state index contributed by atoms with van der Waals surface area (Å²) in [5, 5.41) is 19.4. The van der Waals surface area contributed by atoms with Crippen LogP contribution in [0.5, 0.6) is 0 Å². The molecule has 0 aliphatic carbocycles. The van der Waals surface area contributed by atoms with Gasteiger partial charge in [-0.1, -0.05) is 11.1 Å². The van der Waals surface area contributed by atoms with Gasteiger partial charge in [-0.05, 0) is 48.9 Å². The number of nitrogens with zero attached hydrogens (tertiary/aromatic N) is 2. The van der Waals surface area contributed by atoms with Gasteiger partial charge >= 0.3 is 0 Å². The van der Waals surface area contributed by atoms with Crippen molar-refractivity contribution >= 4 is 33.5 Å². The second kappa shape index (κ2) is 7.64. The summed E-state index contributed by atoms with van der Waals surface area (Å²) in [5.74, 6) is 0. The van der Waals surface area contributed by atoms with E-state index in [1.54, 1.807) is 37.3 Å². The second-order valence-corrected chi connectivity index (χ2v) is 6.51. The predicted molar refractivity (Wildman–Crippen MR) is 82.3 cm³/mol. The summed E-state index contributed by atoms with van der Waals surface area (Å²) in [6.45, 7) is 1.57. The fourth-order valence-corrected chi connectivity index (χ4v) is 2.77. The molecule has 23 heavy (non-hydrogen) atoms. The van der Waals surface area contributed by atoms with E-state index in [1.807, 2.05) is 0 Å². The van der Waals surface area contributed by atoms with Crippen LogP contribution in [0.15, 0.2) is 62.5 Å². The molecular formula is C13H12N2O6S2. The van der Waals surface area contributed by atoms with E-state index in [0.29, 0.717) is 21.8 Å². The van der Waals surface area contributed by atoms with Gasteiger partial charge < -0.3 is 0 Å². The fourth-order valence-electron chi connectivity index (χ4n) is 1.67. The molecule has 0 saturated carbocycles. The van der Waals surface area contributed by atoms with Crippen molar-refractivity contribution in [2.75, 3.05) is 0 Å². The van der Waals surface area contributed by atoms with Crippen LogP contribution >= 0.6 is 12.0 Å². The van der Waals surface area contributed by atoms with Crippen LogP contribution in [-0.2, 0) is 19.5 Å². The molecule has 2 aromatic carbocycles. The third-order valence-corrected chi connectivity index (χ3v) is 4.32. The minimum atomic E-state index is -4.30. The van der Waals surface area contributed by atoms with Gasteiger partial charge in [-0.15, -0.1) is 4.33 Å². The molecule has 0 unspecified atom stereocenters. The predicted octanol–water partition coefficient (Wildman–Crippen LogP) is 4.09. The first-order valence-electron chi connectivity index (χ1n) is 6.15. The lowest BCUT2D eigenvalue weighted by molar-refractivity contribution is -0.432. The Balaban J connectivity index is 2.17. The molecule has 0 heterocycles. The Hall–Kier alpha value is -1.82. The van der Waals surface area contributed by atoms with E-state index in [4.69, 9.17) is 9.81 Å². The molecule has 2 aromatic rings. The molecule has 0 aromatic heterocycles. The molecule has 0 amide bonds. The average Bonchev–Trinajstić information content (AvgIpc) is 2.52. The van der Waals surface area contributed by atoms with Crippen LogP contribution < -0.4 is 0 Å². The third kappa shape index (κ3) is 5.10. The van der Waals surface area contributed by atoms with Gasteiger partial charge in [0.2, 0.25) is 0 Å². The lowest BCUT2D eigenvalue weighted by atomic mass is 10.2. The van der Waals surface area contributed by atoms with Gasteiger partial charge in [0.25, 0.3) is 10.1 Å². The summed E-state index contributed by atoms with van der Waals surface area (Å²) < 4.78 is 35.9. The Bertz CT molecular complexity index is 806. The first-order valence-corrected chi connectivity index (χ1v) is 8.33. The normalized spacial score (nSPS) is 12.0. The van der Waals surface area contributed by atoms with Crippen molar-refractivity contribution in [2.45, 2.75) is 16.7 Å². The largest absolute Gasteiger partial charge is 0.294 e. The zero-order chi connectivity index (χ0) is 16.9. The summed E-state index contributed by atoms with van der Waals surface area (Å²) in [7, 11) is -4.30. The maximum atomic E-state index is 11.2. The monoisotopic (exact) mass is 356 g/mol. The maximum Gasteiger partial charge on any atom is 0.294 e. The molecule has 0 saturated heterocycles. The average molecular weight is 356 g/mol. The van der Waals surface area contributed by atoms with Gasteiger partial charge in [-0.3, -0.25) is 4.55 Å². The highest BCUT2D eigenvalue weighted by Gasteiger charge is 2.13. The molecular weight excluding hydrogens is 344 g/mol. The van der Waals surface area contributed by atoms with Crippen molar-refractivity contribution in [2.24, 2.45) is 10.2 Å². The maximum absolute atomic E-state index is 11.2. The van der Waals surface area contributed by atoms with Crippen LogP contribution in [0.4, 0.5) is 11.4 Å². The third-order valence-electron chi connectivity index (χ3n) is 2.73. The van der Waals surface area contributed by atoms with Crippen molar-refractivity contribution in [1.82, 2.24) is 0 Å². The Labute approximate surface area is 136 Å². The number of hydrogen-bond acceptors (Lipinski definition) is 8. The summed E-state index contributed by atoms with van der Waals surface area (Å²) in [6.07, 6.45) is 0. The van der Waals surface area contributed by atoms with Gasteiger partial charge in [-0.25, -0.2) is 5.26 Å². The minimum Gasteiger partial charge on any atom is -0.282 e. The standard InChI is InChI=1S/C13H12N2O6S2/c1-9-2-3-11(8-13(9)23(17,18)19)15-14-10-4-6-12(7-5-10)22-21-20-16/h2-8,16H,1H3,(H,17,18,19). The highest BCUT2D eigenvalue weighted by atomic mass is 32.2. The molecule has 122 valence electrons. The van der Waals surface area contributed by atoms with Crippen molar-refractivity contribution in [3.8, 4) is 0 Å². The van der Waals surface area contributed by atoms with E-state index in [9.17, 15) is 8.42 Å². The van der Waals surface area contributed by atoms with Crippen LogP contribution in [0.25, 0.3) is 0 Å². The topological polar surface area (TPSA) is 118 Å². The van der Waals surface area contributed by atoms with Gasteiger partial charge in [0.05, 0.1) is 28.3 Å². The molecule has 0 spiro atoms. The Morgan fingerprint density at radius 1 is 1.04 bits per heavy atom. The zero-order valence-corrected chi connectivity index (χ0v) is 13.4. The summed E-state index contributed by atoms with van der Waals surface area (Å²) in [6, 6.07) is 11.0. The molecule has 0 fully saturated rings. The lowest BCUT2D eigenvalue weighted by Gasteiger charge is -2.02. The van der Waals surface area contributed by atoms with Crippen LogP contribution in [0, 0.1) is 6.92 Å². The van der Waals surface area contributed by atoms with E-state index < -0.39 is 10.1 Å². The molecule has 0 bridgehead atoms. The molecule has 2 rings (SSSR count). The number of aryl methyl sites for hydroxylation is 1. The van der Waals surface area contributed by atoms with Crippen LogP contribution in [0.2, 0.25) is 0 Å². The number of azo groups is 1. The van der Waals surface area contributed by atoms with Gasteiger partial charge in [0.15, 0.2) is 0 Å². The van der Waals surface area contributed by atoms with Gasteiger partial charge in [0.1, 0.15) is 0 Å². The minimum absolute atomic E-state index is 0.207. The Morgan fingerprint density at radius 3 is 2.26 bits per heavy atom. The van der Waals surface area contributed by atoms with E-state index in [0.717, 1.165) is 12.0 Å². The summed E-state index contributed by atoms with van der Waals surface area (Å²) >= 11 is 0.811. The lowest BCUT2D eigenvalue weighted by Crippen LogP contribution is -2.00. The fraction of sp³-hybridized carbons (Fsp3) is 0.0769. The van der Waals surface area contributed by atoms with Crippen molar-refractivity contribution in [1.29, 1.82) is 0 Å². The van der Waals surface area contributed by atoms with E-state index in [2.05, 4.69) is 19.6 Å². The van der Waals surface area contributed by atoms with Gasteiger partial charge in [-0.2, -0.15) is 18.6 Å². The molecule has 2 N–H and O–H groups in total. The smallest absolute Gasteiger partial charge is 0.282 e. The molecule has 0 radical (unpaired) electrons. The molecule has 0 aliphatic heterocycles. The van der Waals surface area contributed by atoms with E-state index >= 15 is 0 Å². The Morgan fingerprint density at radius 2 is 1.65 bits per heavy atom. The highest BCUT2D eigenvalue weighted by molar-refractivity contribution is 7.94. The Kier molecular flexibility index (Phi) is 5.82. The van der Waals surface area contributed by atoms with Crippen molar-refractivity contribution < 1.29 is 27.6 Å². The van der Waals surface area contributed by atoms with Crippen molar-refractivity contribution in [3.05, 3.63) is 48.0 Å². The first-order chi connectivity index (χ1) is 10.9. The van der Waals surface area contributed by atoms with Crippen LogP contribution in [0.1, 0.15) is 5.56 Å². The van der Waals surface area contributed by atoms with Crippen LogP contribution in [0.3, 0.4) is 0 Å².